The van der Waals surface area contributed by atoms with Gasteiger partial charge in [-0.2, -0.15) is 5.26 Å². The van der Waals surface area contributed by atoms with Crippen molar-refractivity contribution in [2.45, 2.75) is 19.8 Å². The molecule has 0 radical (unpaired) electrons. The molecule has 19 heavy (non-hydrogen) atoms. The molecule has 2 N–H and O–H groups in total. The maximum absolute atomic E-state index is 12.9. The Kier molecular flexibility index (Phi) is 3.71. The number of hydrogen-bond acceptors (Lipinski definition) is 4. The summed E-state index contributed by atoms with van der Waals surface area (Å²) in [6.45, 7) is 1.91. The van der Waals surface area contributed by atoms with Crippen LogP contribution in [0.2, 0.25) is 0 Å². The summed E-state index contributed by atoms with van der Waals surface area (Å²) in [5.74, 6) is -0.131. The molecule has 0 aliphatic carbocycles. The number of aryl methyl sites for hydroxylation is 1. The topological polar surface area (TPSA) is 75.6 Å². The van der Waals surface area contributed by atoms with E-state index in [2.05, 4.69) is 16.0 Å². The van der Waals surface area contributed by atoms with Crippen LogP contribution < -0.4 is 5.73 Å². The van der Waals surface area contributed by atoms with Crippen LogP contribution in [0.15, 0.2) is 24.3 Å². The average molecular weight is 256 g/mol. The molecular weight excluding hydrogens is 243 g/mol. The highest BCUT2D eigenvalue weighted by Crippen LogP contribution is 2.16. The summed E-state index contributed by atoms with van der Waals surface area (Å²) >= 11 is 0. The van der Waals surface area contributed by atoms with E-state index >= 15 is 0 Å². The van der Waals surface area contributed by atoms with E-state index in [4.69, 9.17) is 5.73 Å². The van der Waals surface area contributed by atoms with Gasteiger partial charge in [-0.15, -0.1) is 0 Å². The first-order chi connectivity index (χ1) is 9.13. The molecule has 0 unspecified atom stereocenters. The predicted octanol–water partition coefficient (Wildman–Crippen LogP) is 2.22. The number of hydrogen-bond donors (Lipinski definition) is 1. The van der Waals surface area contributed by atoms with Gasteiger partial charge in [0.2, 0.25) is 5.95 Å². The van der Waals surface area contributed by atoms with Crippen LogP contribution in [0, 0.1) is 17.1 Å². The van der Waals surface area contributed by atoms with Gasteiger partial charge in [-0.1, -0.05) is 19.1 Å². The van der Waals surface area contributed by atoms with Crippen LogP contribution in [0.1, 0.15) is 29.4 Å². The Morgan fingerprint density at radius 2 is 1.84 bits per heavy atom. The number of anilines is 1. The van der Waals surface area contributed by atoms with Gasteiger partial charge in [0.25, 0.3) is 0 Å². The first-order valence-electron chi connectivity index (χ1n) is 5.93. The largest absolute Gasteiger partial charge is 0.368 e. The Bertz CT molecular complexity index is 629. The van der Waals surface area contributed by atoms with Crippen molar-refractivity contribution in [1.29, 1.82) is 5.26 Å². The fourth-order valence-electron chi connectivity index (χ4n) is 1.89. The van der Waals surface area contributed by atoms with Gasteiger partial charge in [-0.05, 0) is 24.1 Å². The van der Waals surface area contributed by atoms with E-state index in [1.165, 1.54) is 12.1 Å². The Hall–Kier alpha value is -2.48. The Labute approximate surface area is 110 Å². The highest BCUT2D eigenvalue weighted by molar-refractivity contribution is 5.43. The molecule has 2 aromatic rings. The van der Waals surface area contributed by atoms with E-state index in [1.54, 1.807) is 12.1 Å². The summed E-state index contributed by atoms with van der Waals surface area (Å²) < 4.78 is 12.9. The number of halogens is 1. The lowest BCUT2D eigenvalue weighted by Crippen LogP contribution is -2.08. The standard InChI is InChI=1S/C14H13FN4/c1-2-12-11(8-16)13(19-14(17)18-12)7-9-3-5-10(15)6-4-9/h3-6H,2,7H2,1H3,(H2,17,18,19). The third-order valence-corrected chi connectivity index (χ3v) is 2.81. The zero-order valence-corrected chi connectivity index (χ0v) is 10.5. The van der Waals surface area contributed by atoms with Gasteiger partial charge in [-0.25, -0.2) is 14.4 Å². The number of nitrogens with two attached hydrogens (primary N) is 1. The van der Waals surface area contributed by atoms with Crippen molar-refractivity contribution in [3.63, 3.8) is 0 Å². The highest BCUT2D eigenvalue weighted by Gasteiger charge is 2.12. The Balaban J connectivity index is 2.42. The van der Waals surface area contributed by atoms with Crippen molar-refractivity contribution < 1.29 is 4.39 Å². The van der Waals surface area contributed by atoms with Gasteiger partial charge in [0.05, 0.1) is 17.0 Å². The summed E-state index contributed by atoms with van der Waals surface area (Å²) in [6, 6.07) is 8.22. The molecule has 0 aliphatic heterocycles. The minimum absolute atomic E-state index is 0.160. The van der Waals surface area contributed by atoms with Crippen LogP contribution in [0.25, 0.3) is 0 Å². The molecule has 1 aromatic carbocycles. The summed E-state index contributed by atoms with van der Waals surface area (Å²) in [5.41, 5.74) is 8.20. The summed E-state index contributed by atoms with van der Waals surface area (Å²) in [5, 5.41) is 9.21. The number of rotatable bonds is 3. The lowest BCUT2D eigenvalue weighted by molar-refractivity contribution is 0.627. The molecule has 0 fully saturated rings. The van der Waals surface area contributed by atoms with Crippen LogP contribution in [0.4, 0.5) is 10.3 Å². The summed E-state index contributed by atoms with van der Waals surface area (Å²) in [4.78, 5) is 8.18. The van der Waals surface area contributed by atoms with Crippen molar-refractivity contribution in [3.8, 4) is 6.07 Å². The van der Waals surface area contributed by atoms with Gasteiger partial charge in [0.1, 0.15) is 11.9 Å². The minimum Gasteiger partial charge on any atom is -0.368 e. The zero-order valence-electron chi connectivity index (χ0n) is 10.5. The number of nitrogen functional groups attached to an aromatic ring is 1. The molecule has 4 nitrogen and oxygen atoms in total. The molecule has 0 saturated heterocycles. The molecule has 0 amide bonds. The van der Waals surface area contributed by atoms with Gasteiger partial charge in [0, 0.05) is 6.42 Å². The second-order valence-electron chi connectivity index (χ2n) is 4.12. The fourth-order valence-corrected chi connectivity index (χ4v) is 1.89. The number of benzene rings is 1. The fraction of sp³-hybridized carbons (Fsp3) is 0.214. The quantitative estimate of drug-likeness (QED) is 0.913. The molecule has 2 rings (SSSR count). The molecule has 0 saturated carbocycles. The van der Waals surface area contributed by atoms with Crippen LogP contribution >= 0.6 is 0 Å². The average Bonchev–Trinajstić information content (AvgIpc) is 2.40. The van der Waals surface area contributed by atoms with Crippen LogP contribution in [-0.4, -0.2) is 9.97 Å². The van der Waals surface area contributed by atoms with Crippen LogP contribution in [-0.2, 0) is 12.8 Å². The third kappa shape index (κ3) is 2.86. The van der Waals surface area contributed by atoms with Gasteiger partial charge in [0.15, 0.2) is 0 Å². The van der Waals surface area contributed by atoms with Gasteiger partial charge in [-0.3, -0.25) is 0 Å². The van der Waals surface area contributed by atoms with E-state index in [1.807, 2.05) is 6.92 Å². The normalized spacial score (nSPS) is 10.2. The van der Waals surface area contributed by atoms with E-state index in [0.717, 1.165) is 5.56 Å². The first-order valence-corrected chi connectivity index (χ1v) is 5.93. The molecule has 1 aromatic heterocycles. The monoisotopic (exact) mass is 256 g/mol. The van der Waals surface area contributed by atoms with Crippen molar-refractivity contribution in [1.82, 2.24) is 9.97 Å². The van der Waals surface area contributed by atoms with Gasteiger partial charge >= 0.3 is 0 Å². The maximum Gasteiger partial charge on any atom is 0.220 e. The van der Waals surface area contributed by atoms with E-state index in [-0.39, 0.29) is 11.8 Å². The highest BCUT2D eigenvalue weighted by atomic mass is 19.1. The molecule has 0 spiro atoms. The molecule has 0 bridgehead atoms. The van der Waals surface area contributed by atoms with Crippen LogP contribution in [0.5, 0.6) is 0 Å². The molecule has 1 heterocycles. The molecular formula is C14H13FN4. The minimum atomic E-state index is -0.291. The second-order valence-corrected chi connectivity index (χ2v) is 4.12. The first kappa shape index (κ1) is 13.0. The molecule has 5 heteroatoms. The second kappa shape index (κ2) is 5.44. The van der Waals surface area contributed by atoms with Crippen LogP contribution in [0.3, 0.4) is 0 Å². The molecule has 0 aliphatic rings. The predicted molar refractivity (Wildman–Crippen MR) is 69.7 cm³/mol. The summed E-state index contributed by atoms with van der Waals surface area (Å²) in [7, 11) is 0. The molecule has 96 valence electrons. The van der Waals surface area contributed by atoms with E-state index in [9.17, 15) is 9.65 Å². The maximum atomic E-state index is 12.9. The number of aromatic nitrogens is 2. The number of nitriles is 1. The van der Waals surface area contributed by atoms with Crippen molar-refractivity contribution in [2.75, 3.05) is 5.73 Å². The summed E-state index contributed by atoms with van der Waals surface area (Å²) in [6.07, 6.45) is 1.05. The van der Waals surface area contributed by atoms with Crippen molar-refractivity contribution in [3.05, 3.63) is 52.6 Å². The van der Waals surface area contributed by atoms with E-state index in [0.29, 0.717) is 29.8 Å². The van der Waals surface area contributed by atoms with Crippen molar-refractivity contribution >= 4 is 5.95 Å². The Morgan fingerprint density at radius 1 is 1.21 bits per heavy atom. The number of nitrogens with zero attached hydrogens (tertiary/aromatic N) is 3. The SMILES string of the molecule is CCc1nc(N)nc(Cc2ccc(F)cc2)c1C#N. The zero-order chi connectivity index (χ0) is 13.8. The third-order valence-electron chi connectivity index (χ3n) is 2.81. The lowest BCUT2D eigenvalue weighted by Gasteiger charge is -2.08. The molecule has 0 atom stereocenters. The van der Waals surface area contributed by atoms with Crippen molar-refractivity contribution in [2.24, 2.45) is 0 Å². The van der Waals surface area contributed by atoms with E-state index < -0.39 is 0 Å². The lowest BCUT2D eigenvalue weighted by atomic mass is 10.0. The Morgan fingerprint density at radius 3 is 2.42 bits per heavy atom. The van der Waals surface area contributed by atoms with Gasteiger partial charge < -0.3 is 5.73 Å². The smallest absolute Gasteiger partial charge is 0.220 e.